The van der Waals surface area contributed by atoms with Gasteiger partial charge in [-0.1, -0.05) is 11.6 Å². The number of rotatable bonds is 6. The predicted octanol–water partition coefficient (Wildman–Crippen LogP) is 2.50. The number of hydrogen-bond donors (Lipinski definition) is 2. The minimum absolute atomic E-state index is 0.202. The minimum Gasteiger partial charge on any atom is -0.482 e. The fourth-order valence-corrected chi connectivity index (χ4v) is 2.79. The maximum atomic E-state index is 12.1. The predicted molar refractivity (Wildman–Crippen MR) is 91.4 cm³/mol. The number of halogens is 1. The topological polar surface area (TPSA) is 93.7 Å². The number of urea groups is 1. The van der Waals surface area contributed by atoms with E-state index in [2.05, 4.69) is 10.6 Å². The van der Waals surface area contributed by atoms with Gasteiger partial charge in [0.25, 0.3) is 0 Å². The van der Waals surface area contributed by atoms with Crippen molar-refractivity contribution >= 4 is 29.4 Å². The molecule has 0 fully saturated rings. The van der Waals surface area contributed by atoms with Gasteiger partial charge in [-0.2, -0.15) is 0 Å². The molecule has 8 heteroatoms. The summed E-state index contributed by atoms with van der Waals surface area (Å²) in [6, 6.07) is 3.59. The largest absolute Gasteiger partial charge is 0.482 e. The van der Waals surface area contributed by atoms with Gasteiger partial charge in [0.1, 0.15) is 5.75 Å². The van der Waals surface area contributed by atoms with E-state index in [1.807, 2.05) is 0 Å². The van der Waals surface area contributed by atoms with Gasteiger partial charge in [0, 0.05) is 21.9 Å². The third kappa shape index (κ3) is 4.51. The van der Waals surface area contributed by atoms with Crippen LogP contribution in [0.15, 0.2) is 29.5 Å². The zero-order valence-corrected chi connectivity index (χ0v) is 14.9. The highest BCUT2D eigenvalue weighted by molar-refractivity contribution is 6.30. The SMILES string of the molecule is CCOC(=O)COc1ccc(Cl)cc1[C@H]1NC(=O)NC(C)=C1C(C)=O. The molecule has 25 heavy (non-hydrogen) atoms. The third-order valence-corrected chi connectivity index (χ3v) is 3.82. The highest BCUT2D eigenvalue weighted by atomic mass is 35.5. The summed E-state index contributed by atoms with van der Waals surface area (Å²) in [6.45, 7) is 4.71. The van der Waals surface area contributed by atoms with E-state index in [1.54, 1.807) is 32.0 Å². The van der Waals surface area contributed by atoms with Crippen LogP contribution in [-0.2, 0) is 14.3 Å². The maximum absolute atomic E-state index is 12.1. The molecule has 1 heterocycles. The molecule has 1 atom stereocenters. The minimum atomic E-state index is -0.734. The maximum Gasteiger partial charge on any atom is 0.344 e. The fraction of sp³-hybridized carbons (Fsp3) is 0.353. The number of Topliss-reactive ketones (excluding diaryl/α,β-unsaturated/α-hetero) is 1. The normalized spacial score (nSPS) is 16.8. The van der Waals surface area contributed by atoms with E-state index in [1.165, 1.54) is 6.92 Å². The van der Waals surface area contributed by atoms with Crippen LogP contribution in [0.1, 0.15) is 32.4 Å². The Balaban J connectivity index is 2.40. The number of esters is 1. The van der Waals surface area contributed by atoms with Crippen LogP contribution in [-0.4, -0.2) is 31.0 Å². The quantitative estimate of drug-likeness (QED) is 0.754. The second-order valence-corrected chi connectivity index (χ2v) is 5.84. The lowest BCUT2D eigenvalue weighted by Crippen LogP contribution is -2.44. The molecule has 134 valence electrons. The molecule has 0 radical (unpaired) electrons. The van der Waals surface area contributed by atoms with Gasteiger partial charge < -0.3 is 20.1 Å². The molecular weight excluding hydrogens is 348 g/mol. The summed E-state index contributed by atoms with van der Waals surface area (Å²) in [5.41, 5.74) is 1.33. The third-order valence-electron chi connectivity index (χ3n) is 3.58. The molecule has 2 N–H and O–H groups in total. The van der Waals surface area contributed by atoms with Crippen LogP contribution in [0.2, 0.25) is 5.02 Å². The van der Waals surface area contributed by atoms with E-state index in [9.17, 15) is 14.4 Å². The Morgan fingerprint density at radius 2 is 2.04 bits per heavy atom. The zero-order chi connectivity index (χ0) is 18.6. The number of nitrogens with one attached hydrogen (secondary N) is 2. The molecule has 0 bridgehead atoms. The van der Waals surface area contributed by atoms with Gasteiger partial charge >= 0.3 is 12.0 Å². The van der Waals surface area contributed by atoms with E-state index < -0.39 is 18.0 Å². The van der Waals surface area contributed by atoms with Crippen LogP contribution in [0.4, 0.5) is 4.79 Å². The first-order valence-electron chi connectivity index (χ1n) is 7.70. The van der Waals surface area contributed by atoms with Gasteiger partial charge in [-0.3, -0.25) is 4.79 Å². The summed E-state index contributed by atoms with van der Waals surface area (Å²) in [6.07, 6.45) is 0. The van der Waals surface area contributed by atoms with Crippen LogP contribution in [0.25, 0.3) is 0 Å². The van der Waals surface area contributed by atoms with Crippen LogP contribution in [0.5, 0.6) is 5.75 Å². The van der Waals surface area contributed by atoms with Gasteiger partial charge in [0.2, 0.25) is 0 Å². The van der Waals surface area contributed by atoms with Gasteiger partial charge in [-0.25, -0.2) is 9.59 Å². The summed E-state index contributed by atoms with van der Waals surface area (Å²) in [7, 11) is 0. The number of carbonyl (C=O) groups excluding carboxylic acids is 3. The Hall–Kier alpha value is -2.54. The molecule has 2 rings (SSSR count). The average molecular weight is 367 g/mol. The number of ether oxygens (including phenoxy) is 2. The lowest BCUT2D eigenvalue weighted by molar-refractivity contribution is -0.145. The van der Waals surface area contributed by atoms with E-state index in [0.29, 0.717) is 27.6 Å². The molecule has 1 aliphatic rings. The molecule has 7 nitrogen and oxygen atoms in total. The standard InChI is InChI=1S/C17H19ClN2O5/c1-4-24-14(22)8-25-13-6-5-11(18)7-12(13)16-15(10(3)21)9(2)19-17(23)20-16/h5-7,16H,4,8H2,1-3H3,(H2,19,20,23)/t16-/m1/s1. The molecule has 1 aromatic rings. The number of ketones is 1. The Morgan fingerprint density at radius 3 is 2.68 bits per heavy atom. The Kier molecular flexibility index (Phi) is 6.03. The van der Waals surface area contributed by atoms with E-state index in [0.717, 1.165) is 0 Å². The summed E-state index contributed by atoms with van der Waals surface area (Å²) in [5, 5.41) is 5.67. The summed E-state index contributed by atoms with van der Waals surface area (Å²) in [4.78, 5) is 35.4. The summed E-state index contributed by atoms with van der Waals surface area (Å²) >= 11 is 6.07. The van der Waals surface area contributed by atoms with Crippen LogP contribution >= 0.6 is 11.6 Å². The molecular formula is C17H19ClN2O5. The highest BCUT2D eigenvalue weighted by Crippen LogP contribution is 2.35. The number of benzene rings is 1. The summed E-state index contributed by atoms with van der Waals surface area (Å²) in [5.74, 6) is -0.390. The van der Waals surface area contributed by atoms with E-state index >= 15 is 0 Å². The van der Waals surface area contributed by atoms with E-state index in [4.69, 9.17) is 21.1 Å². The van der Waals surface area contributed by atoms with Crippen LogP contribution in [0.3, 0.4) is 0 Å². The van der Waals surface area contributed by atoms with Crippen LogP contribution in [0, 0.1) is 0 Å². The Labute approximate surface area is 150 Å². The van der Waals surface area contributed by atoms with Crippen molar-refractivity contribution in [2.45, 2.75) is 26.8 Å². The highest BCUT2D eigenvalue weighted by Gasteiger charge is 2.31. The van der Waals surface area contributed by atoms with Gasteiger partial charge in [-0.05, 0) is 39.0 Å². The van der Waals surface area contributed by atoms with Crippen molar-refractivity contribution in [3.8, 4) is 5.75 Å². The molecule has 0 spiro atoms. The van der Waals surface area contributed by atoms with Crippen molar-refractivity contribution < 1.29 is 23.9 Å². The lowest BCUT2D eigenvalue weighted by Gasteiger charge is -2.29. The number of hydrogen-bond acceptors (Lipinski definition) is 5. The first kappa shape index (κ1) is 18.8. The van der Waals surface area contributed by atoms with Crippen molar-refractivity contribution in [1.82, 2.24) is 10.6 Å². The molecule has 0 aliphatic carbocycles. The van der Waals surface area contributed by atoms with Crippen molar-refractivity contribution in [2.75, 3.05) is 13.2 Å². The number of carbonyl (C=O) groups is 3. The smallest absolute Gasteiger partial charge is 0.344 e. The number of amides is 2. The zero-order valence-electron chi connectivity index (χ0n) is 14.1. The van der Waals surface area contributed by atoms with Gasteiger partial charge in [0.05, 0.1) is 12.6 Å². The Morgan fingerprint density at radius 1 is 1.32 bits per heavy atom. The molecule has 2 amide bonds. The second kappa shape index (κ2) is 8.02. The first-order valence-corrected chi connectivity index (χ1v) is 8.08. The Bertz CT molecular complexity index is 745. The van der Waals surface area contributed by atoms with Crippen LogP contribution < -0.4 is 15.4 Å². The molecule has 0 unspecified atom stereocenters. The fourth-order valence-electron chi connectivity index (χ4n) is 2.61. The second-order valence-electron chi connectivity index (χ2n) is 5.40. The van der Waals surface area contributed by atoms with Gasteiger partial charge in [-0.15, -0.1) is 0 Å². The molecule has 0 saturated carbocycles. The summed E-state index contributed by atoms with van der Waals surface area (Å²) < 4.78 is 10.4. The first-order chi connectivity index (χ1) is 11.8. The molecule has 0 saturated heterocycles. The van der Waals surface area contributed by atoms with Gasteiger partial charge in [0.15, 0.2) is 12.4 Å². The lowest BCUT2D eigenvalue weighted by atomic mass is 9.92. The number of allylic oxidation sites excluding steroid dienone is 1. The van der Waals surface area contributed by atoms with Crippen molar-refractivity contribution in [3.63, 3.8) is 0 Å². The van der Waals surface area contributed by atoms with Crippen molar-refractivity contribution in [1.29, 1.82) is 0 Å². The monoisotopic (exact) mass is 366 g/mol. The average Bonchev–Trinajstić information content (AvgIpc) is 2.52. The molecule has 1 aliphatic heterocycles. The molecule has 0 aromatic heterocycles. The van der Waals surface area contributed by atoms with Crippen molar-refractivity contribution in [2.24, 2.45) is 0 Å². The van der Waals surface area contributed by atoms with Crippen molar-refractivity contribution in [3.05, 3.63) is 40.1 Å². The molecule has 1 aromatic carbocycles. The van der Waals surface area contributed by atoms with E-state index in [-0.39, 0.29) is 19.0 Å².